The van der Waals surface area contributed by atoms with E-state index in [0.29, 0.717) is 12.1 Å². The number of benzene rings is 2. The number of carbonyl (C=O) groups excluding carboxylic acids is 2. The first-order valence-electron chi connectivity index (χ1n) is 7.29. The van der Waals surface area contributed by atoms with Crippen LogP contribution >= 0.6 is 0 Å². The summed E-state index contributed by atoms with van der Waals surface area (Å²) in [5, 5.41) is 10.4. The van der Waals surface area contributed by atoms with Gasteiger partial charge in [-0.2, -0.15) is 0 Å². The molecule has 0 aliphatic heterocycles. The van der Waals surface area contributed by atoms with E-state index in [1.165, 1.54) is 4.68 Å². The fraction of sp³-hybridized carbons (Fsp3) is 0.0588. The maximum atomic E-state index is 12.4. The smallest absolute Gasteiger partial charge is 0.273 e. The molecular formula is C17H15N5O2. The van der Waals surface area contributed by atoms with Crippen molar-refractivity contribution < 1.29 is 9.59 Å². The van der Waals surface area contributed by atoms with Crippen LogP contribution in [0, 0.1) is 0 Å². The van der Waals surface area contributed by atoms with E-state index in [1.807, 2.05) is 36.4 Å². The summed E-state index contributed by atoms with van der Waals surface area (Å²) in [6.07, 6.45) is 0. The van der Waals surface area contributed by atoms with E-state index in [9.17, 15) is 9.59 Å². The van der Waals surface area contributed by atoms with Crippen LogP contribution in [0.4, 0.5) is 5.82 Å². The second kappa shape index (κ2) is 6.74. The van der Waals surface area contributed by atoms with Crippen LogP contribution < -0.4 is 11.1 Å². The van der Waals surface area contributed by atoms with Crippen molar-refractivity contribution in [3.05, 3.63) is 77.5 Å². The Hall–Kier alpha value is -3.48. The normalized spacial score (nSPS) is 10.3. The van der Waals surface area contributed by atoms with Gasteiger partial charge in [0.15, 0.2) is 11.5 Å². The highest BCUT2D eigenvalue weighted by atomic mass is 16.2. The third-order valence-corrected chi connectivity index (χ3v) is 3.41. The molecule has 7 heteroatoms. The van der Waals surface area contributed by atoms with Crippen LogP contribution in [-0.4, -0.2) is 26.8 Å². The third-order valence-electron chi connectivity index (χ3n) is 3.41. The first kappa shape index (κ1) is 15.4. The van der Waals surface area contributed by atoms with E-state index in [0.717, 1.165) is 5.56 Å². The van der Waals surface area contributed by atoms with Gasteiger partial charge in [0.1, 0.15) is 0 Å². The number of rotatable bonds is 5. The van der Waals surface area contributed by atoms with E-state index in [-0.39, 0.29) is 17.4 Å². The summed E-state index contributed by atoms with van der Waals surface area (Å²) in [4.78, 5) is 23.9. The molecule has 120 valence electrons. The molecule has 3 aromatic rings. The van der Waals surface area contributed by atoms with Crippen LogP contribution in [0.15, 0.2) is 60.7 Å². The molecular weight excluding hydrogens is 306 g/mol. The van der Waals surface area contributed by atoms with Crippen LogP contribution in [0.3, 0.4) is 0 Å². The number of anilines is 1. The highest BCUT2D eigenvalue weighted by Crippen LogP contribution is 2.16. The number of primary amides is 1. The summed E-state index contributed by atoms with van der Waals surface area (Å²) >= 11 is 0. The fourth-order valence-electron chi connectivity index (χ4n) is 2.24. The lowest BCUT2D eigenvalue weighted by Crippen LogP contribution is -2.20. The van der Waals surface area contributed by atoms with E-state index in [2.05, 4.69) is 15.6 Å². The molecule has 0 aliphatic rings. The van der Waals surface area contributed by atoms with Crippen LogP contribution in [0.1, 0.15) is 26.4 Å². The summed E-state index contributed by atoms with van der Waals surface area (Å²) in [5.41, 5.74) is 6.67. The van der Waals surface area contributed by atoms with Crippen LogP contribution in [0.25, 0.3) is 0 Å². The zero-order chi connectivity index (χ0) is 16.9. The van der Waals surface area contributed by atoms with Crippen molar-refractivity contribution in [1.29, 1.82) is 0 Å². The van der Waals surface area contributed by atoms with Crippen molar-refractivity contribution in [2.75, 3.05) is 5.32 Å². The van der Waals surface area contributed by atoms with Gasteiger partial charge >= 0.3 is 0 Å². The van der Waals surface area contributed by atoms with Crippen molar-refractivity contribution in [3.63, 3.8) is 0 Å². The van der Waals surface area contributed by atoms with E-state index in [4.69, 9.17) is 5.73 Å². The molecule has 0 radical (unpaired) electrons. The molecule has 1 heterocycles. The summed E-state index contributed by atoms with van der Waals surface area (Å²) in [6.45, 7) is 0.353. The lowest BCUT2D eigenvalue weighted by atomic mass is 10.2. The summed E-state index contributed by atoms with van der Waals surface area (Å²) in [7, 11) is 0. The summed E-state index contributed by atoms with van der Waals surface area (Å²) < 4.78 is 1.44. The van der Waals surface area contributed by atoms with E-state index >= 15 is 0 Å². The van der Waals surface area contributed by atoms with Gasteiger partial charge in [-0.15, -0.1) is 5.10 Å². The van der Waals surface area contributed by atoms with Gasteiger partial charge in [-0.3, -0.25) is 9.59 Å². The lowest BCUT2D eigenvalue weighted by Gasteiger charge is -2.09. The molecule has 2 aromatic carbocycles. The molecule has 3 N–H and O–H groups in total. The van der Waals surface area contributed by atoms with Gasteiger partial charge in [0.25, 0.3) is 11.8 Å². The molecule has 1 aromatic heterocycles. The Bertz CT molecular complexity index is 859. The number of nitrogens with one attached hydrogen (secondary N) is 1. The monoisotopic (exact) mass is 321 g/mol. The van der Waals surface area contributed by atoms with Crippen molar-refractivity contribution in [2.24, 2.45) is 5.73 Å². The predicted molar refractivity (Wildman–Crippen MR) is 88.5 cm³/mol. The van der Waals surface area contributed by atoms with Gasteiger partial charge in [0.05, 0.1) is 6.54 Å². The van der Waals surface area contributed by atoms with Crippen molar-refractivity contribution in [2.45, 2.75) is 6.54 Å². The first-order valence-corrected chi connectivity index (χ1v) is 7.29. The van der Waals surface area contributed by atoms with Crippen molar-refractivity contribution in [3.8, 4) is 0 Å². The average Bonchev–Trinajstić information content (AvgIpc) is 2.99. The quantitative estimate of drug-likeness (QED) is 0.746. The number of amides is 2. The molecule has 0 spiro atoms. The molecule has 2 amide bonds. The third kappa shape index (κ3) is 3.30. The first-order chi connectivity index (χ1) is 11.6. The fourth-order valence-corrected chi connectivity index (χ4v) is 2.24. The number of aromatic nitrogens is 3. The summed E-state index contributed by atoms with van der Waals surface area (Å²) in [6, 6.07) is 18.2. The van der Waals surface area contributed by atoms with E-state index < -0.39 is 5.91 Å². The molecule has 0 fully saturated rings. The maximum Gasteiger partial charge on any atom is 0.273 e. The van der Waals surface area contributed by atoms with Gasteiger partial charge in [0, 0.05) is 5.56 Å². The maximum absolute atomic E-state index is 12.4. The topological polar surface area (TPSA) is 103 Å². The van der Waals surface area contributed by atoms with Gasteiger partial charge in [-0.05, 0) is 17.7 Å². The SMILES string of the molecule is NC(=O)c1nnn(Cc2ccccc2)c1NC(=O)c1ccccc1. The number of hydrogen-bond donors (Lipinski definition) is 2. The molecule has 0 bridgehead atoms. The summed E-state index contributed by atoms with van der Waals surface area (Å²) in [5.74, 6) is -0.937. The zero-order valence-electron chi connectivity index (χ0n) is 12.7. The average molecular weight is 321 g/mol. The largest absolute Gasteiger partial charge is 0.364 e. The minimum absolute atomic E-state index is 0.0739. The Balaban J connectivity index is 1.91. The van der Waals surface area contributed by atoms with Crippen molar-refractivity contribution in [1.82, 2.24) is 15.0 Å². The van der Waals surface area contributed by atoms with Gasteiger partial charge < -0.3 is 11.1 Å². The number of nitrogens with zero attached hydrogens (tertiary/aromatic N) is 3. The van der Waals surface area contributed by atoms with Crippen LogP contribution in [-0.2, 0) is 6.54 Å². The van der Waals surface area contributed by atoms with Crippen molar-refractivity contribution >= 4 is 17.6 Å². The van der Waals surface area contributed by atoms with Gasteiger partial charge in [0.2, 0.25) is 0 Å². The molecule has 0 unspecified atom stereocenters. The second-order valence-electron chi connectivity index (χ2n) is 5.11. The van der Waals surface area contributed by atoms with Gasteiger partial charge in [-0.1, -0.05) is 53.7 Å². The Labute approximate surface area is 138 Å². The highest BCUT2D eigenvalue weighted by molar-refractivity contribution is 6.07. The molecule has 0 aliphatic carbocycles. The second-order valence-corrected chi connectivity index (χ2v) is 5.11. The zero-order valence-corrected chi connectivity index (χ0v) is 12.7. The number of hydrogen-bond acceptors (Lipinski definition) is 4. The Morgan fingerprint density at radius 2 is 1.62 bits per heavy atom. The highest BCUT2D eigenvalue weighted by Gasteiger charge is 2.20. The van der Waals surface area contributed by atoms with Gasteiger partial charge in [-0.25, -0.2) is 4.68 Å². The Morgan fingerprint density at radius 1 is 1.00 bits per heavy atom. The minimum atomic E-state index is -0.752. The molecule has 0 atom stereocenters. The number of nitrogens with two attached hydrogens (primary N) is 1. The standard InChI is InChI=1S/C17H15N5O2/c18-15(23)14-16(19-17(24)13-9-5-2-6-10-13)22(21-20-14)11-12-7-3-1-4-8-12/h1-10H,11H2,(H2,18,23)(H,19,24). The number of carbonyl (C=O) groups is 2. The Morgan fingerprint density at radius 3 is 2.25 bits per heavy atom. The minimum Gasteiger partial charge on any atom is -0.364 e. The molecule has 0 saturated carbocycles. The van der Waals surface area contributed by atoms with E-state index in [1.54, 1.807) is 24.3 Å². The van der Waals surface area contributed by atoms with Crippen LogP contribution in [0.5, 0.6) is 0 Å². The molecule has 0 saturated heterocycles. The predicted octanol–water partition coefficient (Wildman–Crippen LogP) is 1.68. The molecule has 7 nitrogen and oxygen atoms in total. The van der Waals surface area contributed by atoms with Crippen LogP contribution in [0.2, 0.25) is 0 Å². The molecule has 3 rings (SSSR count). The lowest BCUT2D eigenvalue weighted by molar-refractivity contribution is 0.0996. The molecule has 24 heavy (non-hydrogen) atoms. The Kier molecular flexibility index (Phi) is 4.33.